The van der Waals surface area contributed by atoms with Gasteiger partial charge >= 0.3 is 0 Å². The maximum atomic E-state index is 4.52. The molecule has 3 aromatic heterocycles. The average Bonchev–Trinajstić information content (AvgIpc) is 3.28. The Bertz CT molecular complexity index is 685. The Morgan fingerprint density at radius 3 is 2.95 bits per heavy atom. The quantitative estimate of drug-likeness (QED) is 0.766. The molecule has 0 radical (unpaired) electrons. The number of hydrogen-bond donors (Lipinski definition) is 1. The zero-order chi connectivity index (χ0) is 14.1. The van der Waals surface area contributed by atoms with E-state index < -0.39 is 0 Å². The smallest absolute Gasteiger partial charge is 0.147 e. The third kappa shape index (κ3) is 2.69. The second-order valence-corrected chi connectivity index (χ2v) is 7.31. The van der Waals surface area contributed by atoms with Gasteiger partial charge in [0.15, 0.2) is 0 Å². The Kier molecular flexibility index (Phi) is 3.63. The van der Waals surface area contributed by atoms with Gasteiger partial charge in [0.05, 0.1) is 4.88 Å². The topological polar surface area (TPSA) is 31.9 Å². The number of imidazole rings is 1. The monoisotopic (exact) mass is 315 g/mol. The van der Waals surface area contributed by atoms with E-state index in [1.54, 1.807) is 11.3 Å². The Labute approximate surface area is 132 Å². The summed E-state index contributed by atoms with van der Waals surface area (Å²) in [5, 5.41) is 4.27. The fourth-order valence-corrected chi connectivity index (χ4v) is 4.59. The lowest BCUT2D eigenvalue weighted by atomic mass is 10.2. The molecule has 3 nitrogen and oxygen atoms in total. The number of thiophene rings is 2. The molecule has 0 bridgehead atoms. The fraction of sp³-hybridized carbons (Fsp3) is 0.312. The number of aromatic amines is 1. The lowest BCUT2D eigenvalue weighted by molar-refractivity contribution is 0.249. The van der Waals surface area contributed by atoms with Gasteiger partial charge in [-0.3, -0.25) is 4.90 Å². The SMILES string of the molecule is c1csc(-c2ncc(CN3CCC[C@@H]3c3cccs3)[nH]2)c1. The second-order valence-electron chi connectivity index (χ2n) is 5.38. The molecule has 0 saturated carbocycles. The molecular formula is C16H17N3S2. The molecule has 5 heteroatoms. The third-order valence-electron chi connectivity index (χ3n) is 3.99. The number of nitrogens with zero attached hydrogens (tertiary/aromatic N) is 2. The maximum Gasteiger partial charge on any atom is 0.147 e. The van der Waals surface area contributed by atoms with E-state index >= 15 is 0 Å². The molecular weight excluding hydrogens is 298 g/mol. The molecule has 0 amide bonds. The van der Waals surface area contributed by atoms with Gasteiger partial charge in [-0.05, 0) is 42.3 Å². The van der Waals surface area contributed by atoms with E-state index in [0.717, 1.165) is 12.4 Å². The molecule has 1 fully saturated rings. The molecule has 1 atom stereocenters. The summed E-state index contributed by atoms with van der Waals surface area (Å²) in [5.41, 5.74) is 1.21. The van der Waals surface area contributed by atoms with Gasteiger partial charge in [0, 0.05) is 29.4 Å². The van der Waals surface area contributed by atoms with Crippen molar-refractivity contribution in [3.63, 3.8) is 0 Å². The van der Waals surface area contributed by atoms with Gasteiger partial charge in [-0.25, -0.2) is 4.98 Å². The third-order valence-corrected chi connectivity index (χ3v) is 5.84. The molecule has 4 heterocycles. The first-order valence-corrected chi connectivity index (χ1v) is 9.01. The first kappa shape index (κ1) is 13.2. The van der Waals surface area contributed by atoms with Crippen LogP contribution in [0.1, 0.15) is 29.5 Å². The molecule has 21 heavy (non-hydrogen) atoms. The predicted octanol–water partition coefficient (Wildman–Crippen LogP) is 4.54. The van der Waals surface area contributed by atoms with E-state index in [-0.39, 0.29) is 0 Å². The Morgan fingerprint density at radius 1 is 1.24 bits per heavy atom. The molecule has 1 aliphatic rings. The molecule has 0 aromatic carbocycles. The number of aromatic nitrogens is 2. The van der Waals surface area contributed by atoms with Crippen LogP contribution >= 0.6 is 22.7 Å². The van der Waals surface area contributed by atoms with Crippen molar-refractivity contribution in [2.24, 2.45) is 0 Å². The highest BCUT2D eigenvalue weighted by Crippen LogP contribution is 2.35. The first-order chi connectivity index (χ1) is 10.4. The van der Waals surface area contributed by atoms with Crippen molar-refractivity contribution in [1.82, 2.24) is 14.9 Å². The highest BCUT2D eigenvalue weighted by atomic mass is 32.1. The normalized spacial score (nSPS) is 19.3. The number of rotatable bonds is 4. The van der Waals surface area contributed by atoms with Crippen LogP contribution in [0.3, 0.4) is 0 Å². The number of nitrogens with one attached hydrogen (secondary N) is 1. The predicted molar refractivity (Wildman–Crippen MR) is 88.6 cm³/mol. The maximum absolute atomic E-state index is 4.52. The van der Waals surface area contributed by atoms with Crippen LogP contribution in [0.25, 0.3) is 10.7 Å². The van der Waals surface area contributed by atoms with E-state index in [0.29, 0.717) is 6.04 Å². The molecule has 3 aromatic rings. The summed E-state index contributed by atoms with van der Waals surface area (Å²) in [4.78, 5) is 13.3. The van der Waals surface area contributed by atoms with Crippen molar-refractivity contribution in [2.75, 3.05) is 6.54 Å². The molecule has 0 unspecified atom stereocenters. The van der Waals surface area contributed by atoms with Crippen LogP contribution in [-0.2, 0) is 6.54 Å². The summed E-state index contributed by atoms with van der Waals surface area (Å²) < 4.78 is 0. The molecule has 108 valence electrons. The molecule has 1 N–H and O–H groups in total. The Balaban J connectivity index is 1.51. The van der Waals surface area contributed by atoms with Crippen molar-refractivity contribution in [2.45, 2.75) is 25.4 Å². The highest BCUT2D eigenvalue weighted by molar-refractivity contribution is 7.13. The highest BCUT2D eigenvalue weighted by Gasteiger charge is 2.27. The first-order valence-electron chi connectivity index (χ1n) is 7.25. The van der Waals surface area contributed by atoms with Crippen LogP contribution in [-0.4, -0.2) is 21.4 Å². The summed E-state index contributed by atoms with van der Waals surface area (Å²) >= 11 is 3.60. The number of likely N-dealkylation sites (tertiary alicyclic amines) is 1. The van der Waals surface area contributed by atoms with Crippen LogP contribution in [0, 0.1) is 0 Å². The lowest BCUT2D eigenvalue weighted by Crippen LogP contribution is -2.22. The van der Waals surface area contributed by atoms with E-state index in [1.165, 1.54) is 34.8 Å². The minimum atomic E-state index is 0.582. The molecule has 0 spiro atoms. The van der Waals surface area contributed by atoms with Gasteiger partial charge in [-0.2, -0.15) is 0 Å². The van der Waals surface area contributed by atoms with Crippen LogP contribution in [0.2, 0.25) is 0 Å². The van der Waals surface area contributed by atoms with Gasteiger partial charge in [0.25, 0.3) is 0 Å². The van der Waals surface area contributed by atoms with Gasteiger partial charge in [0.1, 0.15) is 5.82 Å². The van der Waals surface area contributed by atoms with Crippen LogP contribution < -0.4 is 0 Å². The fourth-order valence-electron chi connectivity index (χ4n) is 3.02. The average molecular weight is 315 g/mol. The van der Waals surface area contributed by atoms with E-state index in [4.69, 9.17) is 0 Å². The van der Waals surface area contributed by atoms with E-state index in [9.17, 15) is 0 Å². The van der Waals surface area contributed by atoms with Crippen molar-refractivity contribution in [3.8, 4) is 10.7 Å². The summed E-state index contributed by atoms with van der Waals surface area (Å²) in [6.45, 7) is 2.14. The van der Waals surface area contributed by atoms with Crippen molar-refractivity contribution in [3.05, 3.63) is 51.8 Å². The van der Waals surface area contributed by atoms with Crippen molar-refractivity contribution >= 4 is 22.7 Å². The Morgan fingerprint density at radius 2 is 2.14 bits per heavy atom. The van der Waals surface area contributed by atoms with Gasteiger partial charge in [-0.1, -0.05) is 12.1 Å². The van der Waals surface area contributed by atoms with Crippen LogP contribution in [0.5, 0.6) is 0 Å². The summed E-state index contributed by atoms with van der Waals surface area (Å²) in [6, 6.07) is 9.17. The van der Waals surface area contributed by atoms with Crippen LogP contribution in [0.15, 0.2) is 41.2 Å². The second kappa shape index (κ2) is 5.75. The van der Waals surface area contributed by atoms with Gasteiger partial charge in [-0.15, -0.1) is 22.7 Å². The summed E-state index contributed by atoms with van der Waals surface area (Å²) in [6.07, 6.45) is 4.54. The molecule has 0 aliphatic carbocycles. The zero-order valence-electron chi connectivity index (χ0n) is 11.7. The summed E-state index contributed by atoms with van der Waals surface area (Å²) in [5.74, 6) is 0.992. The van der Waals surface area contributed by atoms with Crippen LogP contribution in [0.4, 0.5) is 0 Å². The zero-order valence-corrected chi connectivity index (χ0v) is 13.3. The van der Waals surface area contributed by atoms with Gasteiger partial charge in [0.2, 0.25) is 0 Å². The number of hydrogen-bond acceptors (Lipinski definition) is 4. The molecule has 1 aliphatic heterocycles. The standard InChI is InChI=1S/C16H17N3S2/c1-4-13(14-5-2-8-20-14)19(7-1)11-12-10-17-16(18-12)15-6-3-9-21-15/h2-3,5-6,8-10,13H,1,4,7,11H2,(H,17,18)/t13-/m1/s1. The van der Waals surface area contributed by atoms with E-state index in [1.807, 2.05) is 17.5 Å². The minimum Gasteiger partial charge on any atom is -0.340 e. The molecule has 4 rings (SSSR count). The number of H-pyrrole nitrogens is 1. The Hall–Kier alpha value is -1.43. The minimum absolute atomic E-state index is 0.582. The lowest BCUT2D eigenvalue weighted by Gasteiger charge is -2.22. The van der Waals surface area contributed by atoms with Crippen molar-refractivity contribution in [1.29, 1.82) is 0 Å². The summed E-state index contributed by atoms with van der Waals surface area (Å²) in [7, 11) is 0. The van der Waals surface area contributed by atoms with E-state index in [2.05, 4.69) is 49.9 Å². The largest absolute Gasteiger partial charge is 0.340 e. The van der Waals surface area contributed by atoms with Gasteiger partial charge < -0.3 is 4.98 Å². The molecule has 1 saturated heterocycles. The van der Waals surface area contributed by atoms with Crippen molar-refractivity contribution < 1.29 is 0 Å².